The first kappa shape index (κ1) is 38.2. The number of aromatic nitrogens is 5. The van der Waals surface area contributed by atoms with Crippen molar-refractivity contribution in [3.8, 4) is 0 Å². The number of hydrogen-bond acceptors (Lipinski definition) is 10. The number of fused-ring (bicyclic) bond motifs is 1. The van der Waals surface area contributed by atoms with Gasteiger partial charge in [0.15, 0.2) is 17.3 Å². The quantitative estimate of drug-likeness (QED) is 0.204. The van der Waals surface area contributed by atoms with Gasteiger partial charge >= 0.3 is 6.18 Å². The van der Waals surface area contributed by atoms with Crippen molar-refractivity contribution in [1.82, 2.24) is 34.4 Å². The molecule has 3 aromatic heterocycles. The SMILES string of the molecule is CCc1c(N2CCN(C(=O)CNC(=O)c3nc(NC)ccc3F)CC2)c(=O)n2nc(C3=CCOCC3)nc2n1CC(=O)Nc1ccc(C(F)(F)F)cc1Cl. The molecule has 2 aliphatic rings. The highest BCUT2D eigenvalue weighted by atomic mass is 35.5. The molecule has 1 fully saturated rings. The molecule has 3 amide bonds. The minimum atomic E-state index is -4.63. The maximum absolute atomic E-state index is 14.2. The molecular weight excluding hydrogens is 740 g/mol. The van der Waals surface area contributed by atoms with Crippen LogP contribution in [0.15, 0.2) is 41.2 Å². The van der Waals surface area contributed by atoms with E-state index < -0.39 is 59.6 Å². The van der Waals surface area contributed by atoms with E-state index >= 15 is 0 Å². The monoisotopic (exact) mass is 774 g/mol. The number of halogens is 5. The van der Waals surface area contributed by atoms with Crippen LogP contribution >= 0.6 is 11.6 Å². The Kier molecular flexibility index (Phi) is 11.2. The van der Waals surface area contributed by atoms with Crippen molar-refractivity contribution in [2.24, 2.45) is 0 Å². The highest BCUT2D eigenvalue weighted by Crippen LogP contribution is 2.34. The van der Waals surface area contributed by atoms with Gasteiger partial charge in [0.2, 0.25) is 17.6 Å². The number of ether oxygens (including phenoxy) is 1. The molecule has 4 aromatic rings. The highest BCUT2D eigenvalue weighted by Gasteiger charge is 2.32. The average molecular weight is 775 g/mol. The summed E-state index contributed by atoms with van der Waals surface area (Å²) in [5, 5.41) is 11.9. The second-order valence-corrected chi connectivity index (χ2v) is 12.7. The smallest absolute Gasteiger partial charge is 0.377 e. The Morgan fingerprint density at radius 3 is 2.46 bits per heavy atom. The summed E-state index contributed by atoms with van der Waals surface area (Å²) in [4.78, 5) is 65.2. The van der Waals surface area contributed by atoms with Crippen molar-refractivity contribution in [1.29, 1.82) is 0 Å². The Labute approximate surface area is 309 Å². The van der Waals surface area contributed by atoms with Gasteiger partial charge < -0.3 is 35.1 Å². The second kappa shape index (κ2) is 15.8. The lowest BCUT2D eigenvalue weighted by atomic mass is 10.1. The van der Waals surface area contributed by atoms with E-state index in [0.717, 1.165) is 34.4 Å². The fraction of sp³-hybridized carbons (Fsp3) is 0.382. The Morgan fingerprint density at radius 2 is 1.81 bits per heavy atom. The molecule has 0 radical (unpaired) electrons. The lowest BCUT2D eigenvalue weighted by Gasteiger charge is -2.36. The summed E-state index contributed by atoms with van der Waals surface area (Å²) in [6.45, 7) is 2.47. The lowest BCUT2D eigenvalue weighted by Crippen LogP contribution is -2.52. The largest absolute Gasteiger partial charge is 0.416 e. The number of nitrogens with zero attached hydrogens (tertiary/aromatic N) is 7. The van der Waals surface area contributed by atoms with Gasteiger partial charge in [0.1, 0.15) is 18.1 Å². The zero-order valence-electron chi connectivity index (χ0n) is 29.1. The molecule has 1 aromatic carbocycles. The zero-order chi connectivity index (χ0) is 38.7. The van der Waals surface area contributed by atoms with Crippen molar-refractivity contribution in [2.75, 3.05) is 68.5 Å². The number of rotatable bonds is 10. The summed E-state index contributed by atoms with van der Waals surface area (Å²) in [6, 6.07) is 5.04. The van der Waals surface area contributed by atoms with Crippen LogP contribution in [0.5, 0.6) is 0 Å². The molecule has 3 N–H and O–H groups in total. The van der Waals surface area contributed by atoms with Crippen LogP contribution in [-0.4, -0.2) is 99.8 Å². The third-order valence-electron chi connectivity index (χ3n) is 8.95. The number of benzene rings is 1. The molecular formula is C34H35ClF4N10O5. The number of piperazine rings is 1. The molecule has 0 saturated carbocycles. The number of alkyl halides is 3. The van der Waals surface area contributed by atoms with Crippen molar-refractivity contribution in [3.63, 3.8) is 0 Å². The molecule has 0 spiro atoms. The van der Waals surface area contributed by atoms with Gasteiger partial charge in [-0.25, -0.2) is 9.37 Å². The van der Waals surface area contributed by atoms with Crippen molar-refractivity contribution >= 4 is 57.9 Å². The fourth-order valence-corrected chi connectivity index (χ4v) is 6.42. The van der Waals surface area contributed by atoms with Crippen LogP contribution in [0.4, 0.5) is 34.8 Å². The topological polar surface area (TPSA) is 168 Å². The minimum Gasteiger partial charge on any atom is -0.377 e. The molecule has 286 valence electrons. The van der Waals surface area contributed by atoms with Crippen molar-refractivity contribution < 1.29 is 36.7 Å². The summed E-state index contributed by atoms with van der Waals surface area (Å²) in [6.07, 6.45) is -2.06. The van der Waals surface area contributed by atoms with Gasteiger partial charge in [-0.05, 0) is 48.7 Å². The Hall–Kier alpha value is -5.56. The van der Waals surface area contributed by atoms with Crippen LogP contribution in [0.1, 0.15) is 40.9 Å². The molecule has 15 nitrogen and oxygen atoms in total. The lowest BCUT2D eigenvalue weighted by molar-refractivity contribution is -0.137. The molecule has 0 atom stereocenters. The van der Waals surface area contributed by atoms with Crippen LogP contribution in [-0.2, 0) is 33.5 Å². The Bertz CT molecular complexity index is 2200. The van der Waals surface area contributed by atoms with Gasteiger partial charge in [-0.1, -0.05) is 24.6 Å². The third-order valence-corrected chi connectivity index (χ3v) is 9.26. The van der Waals surface area contributed by atoms with Gasteiger partial charge in [-0.3, -0.25) is 19.2 Å². The van der Waals surface area contributed by atoms with Gasteiger partial charge in [0.05, 0.1) is 41.7 Å². The predicted octanol–water partition coefficient (Wildman–Crippen LogP) is 3.22. The molecule has 0 bridgehead atoms. The second-order valence-electron chi connectivity index (χ2n) is 12.3. The number of nitrogens with one attached hydrogen (secondary N) is 3. The number of amides is 3. The standard InChI is InChI=1S/C34H35ClF4N10O5/c1-3-24-29(47-12-10-46(11-13-47)27(51)17-41-31(52)28-22(36)5-7-25(40-2)43-28)32(53)49-33(44-30(45-49)19-8-14-54-15-9-19)48(24)18-26(50)42-23-6-4-20(16-21(23)35)34(37,38)39/h4-8,16H,3,9-15,17-18H2,1-2H3,(H,40,43)(H,41,52)(H,42,50). The van der Waals surface area contributed by atoms with E-state index in [1.54, 1.807) is 24.9 Å². The van der Waals surface area contributed by atoms with E-state index in [1.165, 1.54) is 15.5 Å². The third kappa shape index (κ3) is 8.01. The maximum atomic E-state index is 14.2. The predicted molar refractivity (Wildman–Crippen MR) is 190 cm³/mol. The number of pyridine rings is 1. The Balaban J connectivity index is 1.25. The van der Waals surface area contributed by atoms with Crippen LogP contribution in [0.3, 0.4) is 0 Å². The summed E-state index contributed by atoms with van der Waals surface area (Å²) in [5.41, 5.74) is -0.549. The van der Waals surface area contributed by atoms with Crippen LogP contribution < -0.4 is 26.4 Å². The Morgan fingerprint density at radius 1 is 1.06 bits per heavy atom. The van der Waals surface area contributed by atoms with Gasteiger partial charge in [0, 0.05) is 33.2 Å². The van der Waals surface area contributed by atoms with E-state index in [2.05, 4.69) is 31.0 Å². The first-order valence-corrected chi connectivity index (χ1v) is 17.3. The fourth-order valence-electron chi connectivity index (χ4n) is 6.19. The molecule has 6 rings (SSSR count). The van der Waals surface area contributed by atoms with Gasteiger partial charge in [-0.15, -0.1) is 5.10 Å². The van der Waals surface area contributed by atoms with Crippen LogP contribution in [0, 0.1) is 5.82 Å². The molecule has 1 saturated heterocycles. The van der Waals surface area contributed by atoms with E-state index in [1.807, 2.05) is 0 Å². The minimum absolute atomic E-state index is 0.0376. The number of carbonyl (C=O) groups excluding carboxylic acids is 3. The summed E-state index contributed by atoms with van der Waals surface area (Å²) in [7, 11) is 1.57. The molecule has 54 heavy (non-hydrogen) atoms. The molecule has 0 aliphatic carbocycles. The van der Waals surface area contributed by atoms with E-state index in [4.69, 9.17) is 16.3 Å². The van der Waals surface area contributed by atoms with Crippen molar-refractivity contribution in [2.45, 2.75) is 32.5 Å². The van der Waals surface area contributed by atoms with E-state index in [9.17, 15) is 36.7 Å². The summed E-state index contributed by atoms with van der Waals surface area (Å²) < 4.78 is 61.9. The molecule has 5 heterocycles. The highest BCUT2D eigenvalue weighted by molar-refractivity contribution is 6.33. The first-order chi connectivity index (χ1) is 25.8. The first-order valence-electron chi connectivity index (χ1n) is 16.9. The average Bonchev–Trinajstić information content (AvgIpc) is 3.62. The zero-order valence-corrected chi connectivity index (χ0v) is 29.9. The maximum Gasteiger partial charge on any atom is 0.416 e. The van der Waals surface area contributed by atoms with Crippen LogP contribution in [0.25, 0.3) is 11.4 Å². The normalized spacial score (nSPS) is 14.9. The molecule has 0 unspecified atom stereocenters. The molecule has 2 aliphatic heterocycles. The number of hydrogen-bond donors (Lipinski definition) is 3. The van der Waals surface area contributed by atoms with Crippen molar-refractivity contribution in [3.05, 3.63) is 80.4 Å². The van der Waals surface area contributed by atoms with E-state index in [0.29, 0.717) is 25.3 Å². The number of carbonyl (C=O) groups is 3. The van der Waals surface area contributed by atoms with E-state index in [-0.39, 0.29) is 66.4 Å². The van der Waals surface area contributed by atoms with Gasteiger partial charge in [-0.2, -0.15) is 22.7 Å². The van der Waals surface area contributed by atoms with Gasteiger partial charge in [0.25, 0.3) is 11.5 Å². The number of anilines is 3. The molecule has 20 heteroatoms. The summed E-state index contributed by atoms with van der Waals surface area (Å²) in [5.74, 6) is -2.14. The van der Waals surface area contributed by atoms with Crippen LogP contribution in [0.2, 0.25) is 5.02 Å². The summed E-state index contributed by atoms with van der Waals surface area (Å²) >= 11 is 6.11.